The van der Waals surface area contributed by atoms with Gasteiger partial charge in [0.15, 0.2) is 11.0 Å². The van der Waals surface area contributed by atoms with Gasteiger partial charge in [0.1, 0.15) is 0 Å². The number of aliphatic hydroxyl groups is 1. The minimum absolute atomic E-state index is 0.154. The summed E-state index contributed by atoms with van der Waals surface area (Å²) in [6, 6.07) is 8.55. The van der Waals surface area contributed by atoms with Gasteiger partial charge in [-0.25, -0.2) is 0 Å². The lowest BCUT2D eigenvalue weighted by molar-refractivity contribution is 0.294. The first-order valence-corrected chi connectivity index (χ1v) is 8.86. The summed E-state index contributed by atoms with van der Waals surface area (Å²) < 4.78 is 2.03. The van der Waals surface area contributed by atoms with E-state index in [1.807, 2.05) is 11.6 Å². The molecule has 1 heterocycles. The van der Waals surface area contributed by atoms with Crippen LogP contribution in [0.15, 0.2) is 29.4 Å². The van der Waals surface area contributed by atoms with Crippen LogP contribution in [0.5, 0.6) is 0 Å². The Morgan fingerprint density at radius 1 is 1.13 bits per heavy atom. The van der Waals surface area contributed by atoms with Crippen LogP contribution in [0.3, 0.4) is 0 Å². The third-order valence-corrected chi connectivity index (χ3v) is 4.66. The fourth-order valence-electron chi connectivity index (χ4n) is 2.23. The summed E-state index contributed by atoms with van der Waals surface area (Å²) >= 11 is 1.67. The molecule has 0 aliphatic carbocycles. The summed E-state index contributed by atoms with van der Waals surface area (Å²) in [5.41, 5.74) is 2.55. The molecule has 0 aliphatic heterocycles. The molecule has 6 heteroatoms. The molecule has 2 aromatic rings. The largest absolute Gasteiger partial charge is 0.395 e. The lowest BCUT2D eigenvalue weighted by atomic mass is 9.87. The Morgan fingerprint density at radius 2 is 1.83 bits per heavy atom. The molecule has 2 rings (SSSR count). The number of benzene rings is 1. The summed E-state index contributed by atoms with van der Waals surface area (Å²) in [6.07, 6.45) is 0. The monoisotopic (exact) mass is 334 g/mol. The number of nitrogens with one attached hydrogen (secondary N) is 1. The lowest BCUT2D eigenvalue weighted by Crippen LogP contribution is -2.20. The first-order valence-electron chi connectivity index (χ1n) is 7.88. The number of rotatable bonds is 7. The predicted molar refractivity (Wildman–Crippen MR) is 95.8 cm³/mol. The first-order chi connectivity index (χ1) is 10.9. The maximum Gasteiger partial charge on any atom is 0.191 e. The standard InChI is InChI=1S/C17H26N4OS/c1-17(2,3)14-7-5-13(6-8-14)15-19-20-16(21(15)4)23-12-10-18-9-11-22/h5-8,18,22H,9-12H2,1-4H3. The maximum atomic E-state index is 8.73. The fraction of sp³-hybridized carbons (Fsp3) is 0.529. The van der Waals surface area contributed by atoms with E-state index in [2.05, 4.69) is 60.6 Å². The van der Waals surface area contributed by atoms with Gasteiger partial charge in [-0.1, -0.05) is 56.8 Å². The highest BCUT2D eigenvalue weighted by Gasteiger charge is 2.15. The van der Waals surface area contributed by atoms with E-state index in [-0.39, 0.29) is 12.0 Å². The Labute approximate surface area is 142 Å². The van der Waals surface area contributed by atoms with E-state index in [0.717, 1.165) is 28.8 Å². The van der Waals surface area contributed by atoms with Gasteiger partial charge in [0.05, 0.1) is 6.61 Å². The van der Waals surface area contributed by atoms with Gasteiger partial charge >= 0.3 is 0 Å². The molecule has 0 spiro atoms. The molecule has 1 aromatic heterocycles. The molecule has 0 fully saturated rings. The van der Waals surface area contributed by atoms with Crippen LogP contribution in [0.1, 0.15) is 26.3 Å². The summed E-state index contributed by atoms with van der Waals surface area (Å²) in [6.45, 7) is 8.28. The topological polar surface area (TPSA) is 63.0 Å². The van der Waals surface area contributed by atoms with Crippen LogP contribution in [0.25, 0.3) is 11.4 Å². The van der Waals surface area contributed by atoms with Crippen LogP contribution in [-0.4, -0.2) is 45.3 Å². The third kappa shape index (κ3) is 4.80. The van der Waals surface area contributed by atoms with Crippen LogP contribution >= 0.6 is 11.8 Å². The van der Waals surface area contributed by atoms with Crippen LogP contribution in [0, 0.1) is 0 Å². The summed E-state index contributed by atoms with van der Waals surface area (Å²) in [5.74, 6) is 1.78. The van der Waals surface area contributed by atoms with E-state index in [0.29, 0.717) is 6.54 Å². The van der Waals surface area contributed by atoms with Crippen LogP contribution in [0.2, 0.25) is 0 Å². The van der Waals surface area contributed by atoms with Gasteiger partial charge in [0.2, 0.25) is 0 Å². The molecule has 0 saturated heterocycles. The molecule has 126 valence electrons. The van der Waals surface area contributed by atoms with E-state index < -0.39 is 0 Å². The minimum atomic E-state index is 0.154. The zero-order valence-electron chi connectivity index (χ0n) is 14.3. The first kappa shape index (κ1) is 18.0. The number of nitrogens with zero attached hydrogens (tertiary/aromatic N) is 3. The number of hydrogen-bond acceptors (Lipinski definition) is 5. The lowest BCUT2D eigenvalue weighted by Gasteiger charge is -2.19. The van der Waals surface area contributed by atoms with Crippen molar-refractivity contribution in [1.82, 2.24) is 20.1 Å². The molecule has 5 nitrogen and oxygen atoms in total. The Kier molecular flexibility index (Phi) is 6.21. The van der Waals surface area contributed by atoms with Crippen LogP contribution < -0.4 is 5.32 Å². The summed E-state index contributed by atoms with van der Waals surface area (Å²) in [7, 11) is 2.00. The number of thioether (sulfide) groups is 1. The zero-order chi connectivity index (χ0) is 16.9. The predicted octanol–water partition coefficient (Wildman–Crippen LogP) is 2.45. The van der Waals surface area contributed by atoms with Crippen molar-refractivity contribution >= 4 is 11.8 Å². The number of hydrogen-bond donors (Lipinski definition) is 2. The van der Waals surface area contributed by atoms with E-state index >= 15 is 0 Å². The Balaban J connectivity index is 2.04. The molecule has 2 N–H and O–H groups in total. The van der Waals surface area contributed by atoms with E-state index in [4.69, 9.17) is 5.11 Å². The normalized spacial score (nSPS) is 11.9. The van der Waals surface area contributed by atoms with Gasteiger partial charge in [0, 0.05) is 31.5 Å². The average molecular weight is 334 g/mol. The maximum absolute atomic E-state index is 8.73. The van der Waals surface area contributed by atoms with Gasteiger partial charge in [-0.05, 0) is 11.0 Å². The molecular weight excluding hydrogens is 308 g/mol. The quantitative estimate of drug-likeness (QED) is 0.601. The molecule has 0 radical (unpaired) electrons. The third-order valence-electron chi connectivity index (χ3n) is 3.64. The number of aromatic nitrogens is 3. The van der Waals surface area contributed by atoms with Crippen molar-refractivity contribution in [2.75, 3.05) is 25.4 Å². The van der Waals surface area contributed by atoms with Gasteiger partial charge in [-0.15, -0.1) is 10.2 Å². The minimum Gasteiger partial charge on any atom is -0.395 e. The van der Waals surface area contributed by atoms with Gasteiger partial charge in [-0.3, -0.25) is 0 Å². The highest BCUT2D eigenvalue weighted by atomic mass is 32.2. The molecule has 0 saturated carbocycles. The zero-order valence-corrected chi connectivity index (χ0v) is 15.2. The second kappa shape index (κ2) is 7.95. The van der Waals surface area contributed by atoms with Crippen molar-refractivity contribution < 1.29 is 5.11 Å². The molecule has 0 unspecified atom stereocenters. The molecule has 0 aliphatic rings. The molecule has 0 atom stereocenters. The fourth-order valence-corrected chi connectivity index (χ4v) is 3.04. The van der Waals surface area contributed by atoms with Crippen LogP contribution in [-0.2, 0) is 12.5 Å². The Bertz CT molecular complexity index is 617. The molecule has 0 bridgehead atoms. The van der Waals surface area contributed by atoms with Crippen molar-refractivity contribution in [2.45, 2.75) is 31.3 Å². The van der Waals surface area contributed by atoms with Crippen molar-refractivity contribution in [3.8, 4) is 11.4 Å². The van der Waals surface area contributed by atoms with E-state index in [1.165, 1.54) is 5.56 Å². The van der Waals surface area contributed by atoms with Gasteiger partial charge in [0.25, 0.3) is 0 Å². The Hall–Kier alpha value is -1.37. The van der Waals surface area contributed by atoms with Gasteiger partial charge in [-0.2, -0.15) is 0 Å². The highest BCUT2D eigenvalue weighted by Crippen LogP contribution is 2.26. The number of aliphatic hydroxyl groups excluding tert-OH is 1. The second-order valence-corrected chi connectivity index (χ2v) is 7.58. The van der Waals surface area contributed by atoms with Crippen molar-refractivity contribution in [1.29, 1.82) is 0 Å². The van der Waals surface area contributed by atoms with Crippen LogP contribution in [0.4, 0.5) is 0 Å². The van der Waals surface area contributed by atoms with E-state index in [1.54, 1.807) is 11.8 Å². The van der Waals surface area contributed by atoms with Crippen molar-refractivity contribution in [2.24, 2.45) is 7.05 Å². The average Bonchev–Trinajstić information content (AvgIpc) is 2.87. The van der Waals surface area contributed by atoms with Gasteiger partial charge < -0.3 is 15.0 Å². The van der Waals surface area contributed by atoms with E-state index in [9.17, 15) is 0 Å². The smallest absolute Gasteiger partial charge is 0.191 e. The second-order valence-electron chi connectivity index (χ2n) is 6.51. The molecule has 0 amide bonds. The SMILES string of the molecule is Cn1c(SCCNCCO)nnc1-c1ccc(C(C)(C)C)cc1. The molecule has 23 heavy (non-hydrogen) atoms. The summed E-state index contributed by atoms with van der Waals surface area (Å²) in [4.78, 5) is 0. The highest BCUT2D eigenvalue weighted by molar-refractivity contribution is 7.99. The summed E-state index contributed by atoms with van der Waals surface area (Å²) in [5, 5.41) is 21.4. The van der Waals surface area contributed by atoms with Crippen molar-refractivity contribution in [3.63, 3.8) is 0 Å². The molecule has 1 aromatic carbocycles. The molecular formula is C17H26N4OS. The van der Waals surface area contributed by atoms with Crippen molar-refractivity contribution in [3.05, 3.63) is 29.8 Å². The Morgan fingerprint density at radius 3 is 2.43 bits per heavy atom.